The molecular weight excluding hydrogens is 336 g/mol. The van der Waals surface area contributed by atoms with Crippen LogP contribution in [0.15, 0.2) is 48.6 Å². The molecule has 0 fully saturated rings. The van der Waals surface area contributed by atoms with Crippen LogP contribution in [0.2, 0.25) is 0 Å². The summed E-state index contributed by atoms with van der Waals surface area (Å²) in [6.07, 6.45) is 3.90. The summed E-state index contributed by atoms with van der Waals surface area (Å²) in [7, 11) is 4.53. The Morgan fingerprint density at radius 1 is 0.962 bits per heavy atom. The monoisotopic (exact) mass is 356 g/mol. The van der Waals surface area contributed by atoms with E-state index >= 15 is 0 Å². The Hall–Kier alpha value is -3.41. The van der Waals surface area contributed by atoms with Gasteiger partial charge in [-0.3, -0.25) is 4.79 Å². The van der Waals surface area contributed by atoms with Crippen molar-refractivity contribution in [2.24, 2.45) is 0 Å². The Labute approximate surface area is 151 Å². The second-order valence-electron chi connectivity index (χ2n) is 5.26. The second-order valence-corrected chi connectivity index (χ2v) is 5.26. The van der Waals surface area contributed by atoms with Gasteiger partial charge in [0.2, 0.25) is 0 Å². The maximum Gasteiger partial charge on any atom is 0.182 e. The fourth-order valence-corrected chi connectivity index (χ4v) is 2.24. The van der Waals surface area contributed by atoms with Crippen molar-refractivity contribution in [3.05, 3.63) is 59.7 Å². The van der Waals surface area contributed by atoms with E-state index in [2.05, 4.69) is 0 Å². The quantitative estimate of drug-likeness (QED) is 0.582. The molecule has 6 nitrogen and oxygen atoms in total. The molecule has 2 N–H and O–H groups in total. The maximum atomic E-state index is 12.1. The third-order valence-electron chi connectivity index (χ3n) is 3.61. The molecule has 0 amide bonds. The largest absolute Gasteiger partial charge is 0.507 e. The minimum absolute atomic E-state index is 0.109. The van der Waals surface area contributed by atoms with Crippen LogP contribution < -0.4 is 14.2 Å². The average molecular weight is 356 g/mol. The Balaban J connectivity index is 2.19. The highest BCUT2D eigenvalue weighted by Crippen LogP contribution is 2.29. The molecule has 0 aliphatic carbocycles. The van der Waals surface area contributed by atoms with Crippen LogP contribution >= 0.6 is 0 Å². The summed E-state index contributed by atoms with van der Waals surface area (Å²) in [5.41, 5.74) is 0.838. The number of benzene rings is 2. The van der Waals surface area contributed by atoms with Gasteiger partial charge in [0.25, 0.3) is 0 Å². The number of ether oxygens (including phenoxy) is 3. The third kappa shape index (κ3) is 4.57. The summed E-state index contributed by atoms with van der Waals surface area (Å²) in [5, 5.41) is 19.9. The number of aliphatic hydroxyl groups is 1. The molecule has 26 heavy (non-hydrogen) atoms. The fourth-order valence-electron chi connectivity index (χ4n) is 2.24. The maximum absolute atomic E-state index is 12.1. The summed E-state index contributed by atoms with van der Waals surface area (Å²) in [5.74, 6) is 0.619. The first-order valence-corrected chi connectivity index (χ1v) is 7.70. The molecule has 6 heteroatoms. The Morgan fingerprint density at radius 2 is 1.69 bits per heavy atom. The number of aromatic hydroxyl groups is 1. The number of rotatable bonds is 7. The molecule has 136 valence electrons. The number of hydrogen-bond acceptors (Lipinski definition) is 6. The summed E-state index contributed by atoms with van der Waals surface area (Å²) < 4.78 is 15.4. The van der Waals surface area contributed by atoms with E-state index in [1.807, 2.05) is 0 Å². The van der Waals surface area contributed by atoms with E-state index in [9.17, 15) is 15.0 Å². The van der Waals surface area contributed by atoms with Gasteiger partial charge in [-0.25, -0.2) is 0 Å². The summed E-state index contributed by atoms with van der Waals surface area (Å²) in [6, 6.07) is 9.58. The lowest BCUT2D eigenvalue weighted by molar-refractivity contribution is -0.110. The lowest BCUT2D eigenvalue weighted by atomic mass is 10.1. The van der Waals surface area contributed by atoms with E-state index < -0.39 is 5.78 Å². The van der Waals surface area contributed by atoms with Crippen LogP contribution in [-0.2, 0) is 4.79 Å². The van der Waals surface area contributed by atoms with Gasteiger partial charge in [0.1, 0.15) is 17.3 Å². The number of carbonyl (C=O) groups excluding carboxylic acids is 1. The molecule has 0 radical (unpaired) electrons. The zero-order valence-electron chi connectivity index (χ0n) is 14.7. The Kier molecular flexibility index (Phi) is 6.27. The van der Waals surface area contributed by atoms with Gasteiger partial charge in [-0.2, -0.15) is 0 Å². The first-order valence-electron chi connectivity index (χ1n) is 7.70. The van der Waals surface area contributed by atoms with Crippen molar-refractivity contribution >= 4 is 17.6 Å². The molecule has 0 bridgehead atoms. The van der Waals surface area contributed by atoms with Crippen LogP contribution in [0.3, 0.4) is 0 Å². The van der Waals surface area contributed by atoms with Crippen LogP contribution in [0.5, 0.6) is 23.0 Å². The van der Waals surface area contributed by atoms with Crippen molar-refractivity contribution in [3.8, 4) is 23.0 Å². The second kappa shape index (κ2) is 8.62. The Bertz CT molecular complexity index is 851. The number of carbonyl (C=O) groups is 1. The highest BCUT2D eigenvalue weighted by molar-refractivity contribution is 6.05. The molecule has 0 aliphatic rings. The van der Waals surface area contributed by atoms with E-state index in [0.717, 1.165) is 11.6 Å². The van der Waals surface area contributed by atoms with Crippen molar-refractivity contribution in [2.75, 3.05) is 21.3 Å². The van der Waals surface area contributed by atoms with Crippen molar-refractivity contribution in [2.45, 2.75) is 0 Å². The standard InChI is InChI=1S/C20H20O6/c1-24-15-7-8-17(22)16(12-15)18(23)11-14(21)6-4-13-5-9-19(25-2)20(10-13)26-3/h4-12,22-23H,1-3H3/b6-4+,18-11-. The van der Waals surface area contributed by atoms with E-state index in [-0.39, 0.29) is 17.1 Å². The summed E-state index contributed by atoms with van der Waals surface area (Å²) in [4.78, 5) is 12.1. The fraction of sp³-hybridized carbons (Fsp3) is 0.150. The highest BCUT2D eigenvalue weighted by Gasteiger charge is 2.09. The number of phenols is 1. The van der Waals surface area contributed by atoms with Crippen molar-refractivity contribution < 1.29 is 29.2 Å². The predicted octanol–water partition coefficient (Wildman–Crippen LogP) is 3.60. The van der Waals surface area contributed by atoms with Crippen molar-refractivity contribution in [1.29, 1.82) is 0 Å². The molecule has 2 aromatic carbocycles. The number of hydrogen-bond donors (Lipinski definition) is 2. The highest BCUT2D eigenvalue weighted by atomic mass is 16.5. The molecule has 0 aliphatic heterocycles. The zero-order chi connectivity index (χ0) is 19.1. The average Bonchev–Trinajstić information content (AvgIpc) is 2.66. The molecule has 2 rings (SSSR count). The Morgan fingerprint density at radius 3 is 2.35 bits per heavy atom. The number of allylic oxidation sites excluding steroid dienone is 2. The van der Waals surface area contributed by atoms with Gasteiger partial charge >= 0.3 is 0 Å². The lowest BCUT2D eigenvalue weighted by Crippen LogP contribution is -1.93. The SMILES string of the molecule is COc1ccc(O)c(/C(O)=C/C(=O)/C=C/c2ccc(OC)c(OC)c2)c1. The first kappa shape index (κ1) is 18.9. The van der Waals surface area contributed by atoms with Crippen LogP contribution in [0, 0.1) is 0 Å². The molecule has 0 unspecified atom stereocenters. The smallest absolute Gasteiger partial charge is 0.182 e. The first-order chi connectivity index (χ1) is 12.5. The molecule has 0 atom stereocenters. The summed E-state index contributed by atoms with van der Waals surface area (Å²) in [6.45, 7) is 0. The van der Waals surface area contributed by atoms with Crippen LogP contribution in [-0.4, -0.2) is 37.3 Å². The molecular formula is C20H20O6. The number of phenolic OH excluding ortho intramolecular Hbond substituents is 1. The topological polar surface area (TPSA) is 85.2 Å². The molecule has 2 aromatic rings. The summed E-state index contributed by atoms with van der Waals surface area (Å²) >= 11 is 0. The van der Waals surface area contributed by atoms with Crippen LogP contribution in [0.25, 0.3) is 11.8 Å². The van der Waals surface area contributed by atoms with Gasteiger partial charge in [-0.15, -0.1) is 0 Å². The van der Waals surface area contributed by atoms with Gasteiger partial charge in [-0.1, -0.05) is 12.1 Å². The van der Waals surface area contributed by atoms with Gasteiger partial charge in [0, 0.05) is 6.08 Å². The molecule has 0 aromatic heterocycles. The van der Waals surface area contributed by atoms with E-state index in [4.69, 9.17) is 14.2 Å². The number of aliphatic hydroxyl groups excluding tert-OH is 1. The van der Waals surface area contributed by atoms with Crippen molar-refractivity contribution in [3.63, 3.8) is 0 Å². The van der Waals surface area contributed by atoms with E-state index in [0.29, 0.717) is 17.2 Å². The lowest BCUT2D eigenvalue weighted by Gasteiger charge is -2.07. The molecule has 0 spiro atoms. The molecule has 0 heterocycles. The third-order valence-corrected chi connectivity index (χ3v) is 3.61. The number of ketones is 1. The normalized spacial score (nSPS) is 11.4. The van der Waals surface area contributed by atoms with Gasteiger partial charge in [-0.05, 0) is 42.0 Å². The van der Waals surface area contributed by atoms with E-state index in [1.54, 1.807) is 37.5 Å². The predicted molar refractivity (Wildman–Crippen MR) is 98.9 cm³/mol. The minimum Gasteiger partial charge on any atom is -0.507 e. The van der Waals surface area contributed by atoms with Crippen LogP contribution in [0.1, 0.15) is 11.1 Å². The van der Waals surface area contributed by atoms with Gasteiger partial charge < -0.3 is 24.4 Å². The molecule has 0 saturated heterocycles. The number of methoxy groups -OCH3 is 3. The van der Waals surface area contributed by atoms with Crippen molar-refractivity contribution in [1.82, 2.24) is 0 Å². The molecule has 0 saturated carbocycles. The van der Waals surface area contributed by atoms with Gasteiger partial charge in [0.15, 0.2) is 17.3 Å². The zero-order valence-corrected chi connectivity index (χ0v) is 14.7. The van der Waals surface area contributed by atoms with Crippen LogP contribution in [0.4, 0.5) is 0 Å². The minimum atomic E-state index is -0.445. The van der Waals surface area contributed by atoms with Gasteiger partial charge in [0.05, 0.1) is 26.9 Å². The van der Waals surface area contributed by atoms with E-state index in [1.165, 1.54) is 32.4 Å².